The molecule has 1 rings (SSSR count). The Morgan fingerprint density at radius 3 is 2.20 bits per heavy atom. The summed E-state index contributed by atoms with van der Waals surface area (Å²) in [6, 6.07) is 5.16. The lowest BCUT2D eigenvalue weighted by Gasteiger charge is -2.26. The molecule has 2 amide bonds. The summed E-state index contributed by atoms with van der Waals surface area (Å²) in [6.45, 7) is -1.04. The van der Waals surface area contributed by atoms with Crippen molar-refractivity contribution in [2.45, 2.75) is 43.4 Å². The third-order valence-corrected chi connectivity index (χ3v) is 3.97. The number of hydrogen-bond acceptors (Lipinski definition) is 9. The van der Waals surface area contributed by atoms with Gasteiger partial charge in [0.15, 0.2) is 0 Å². The van der Waals surface area contributed by atoms with Gasteiger partial charge in [-0.05, 0) is 5.56 Å². The number of carboxylic acid groups (broad SMARTS) is 1. The maximum Gasteiger partial charge on any atom is 0.408 e. The van der Waals surface area contributed by atoms with E-state index in [-0.39, 0.29) is 12.9 Å². The molecule has 0 fully saturated rings. The minimum Gasteiger partial charge on any atom is -0.480 e. The van der Waals surface area contributed by atoms with Crippen molar-refractivity contribution in [1.82, 2.24) is 10.6 Å². The molecule has 0 spiro atoms. The van der Waals surface area contributed by atoms with Gasteiger partial charge in [-0.2, -0.15) is 0 Å². The fourth-order valence-electron chi connectivity index (χ4n) is 2.29. The molecule has 7 N–H and O–H groups in total. The summed E-state index contributed by atoms with van der Waals surface area (Å²) in [5.41, 5.74) is 0.656. The quantitative estimate of drug-likeness (QED) is 0.175. The topological polar surface area (TPSA) is 203 Å². The fraction of sp³-hybridized carbons (Fsp3) is 0.444. The van der Waals surface area contributed by atoms with E-state index < -0.39 is 61.4 Å². The highest BCUT2D eigenvalue weighted by Gasteiger charge is 2.33. The van der Waals surface area contributed by atoms with Crippen LogP contribution in [0.4, 0.5) is 4.79 Å². The molecule has 12 heteroatoms. The molecule has 0 unspecified atom stereocenters. The number of amides is 2. The van der Waals surface area contributed by atoms with Gasteiger partial charge in [0.1, 0.15) is 43.3 Å². The molecule has 1 aromatic rings. The van der Waals surface area contributed by atoms with Crippen molar-refractivity contribution < 1.29 is 49.4 Å². The Hall–Kier alpha value is -3.06. The zero-order valence-electron chi connectivity index (χ0n) is 15.7. The normalized spacial score (nSPS) is 15.7. The van der Waals surface area contributed by atoms with Crippen LogP contribution in [0.1, 0.15) is 12.0 Å². The molecule has 1 aromatic carbocycles. The first kappa shape index (κ1) is 25.0. The van der Waals surface area contributed by atoms with E-state index in [4.69, 9.17) is 9.84 Å². The number of alkyl carbamates (subject to hydrolysis) is 1. The zero-order chi connectivity index (χ0) is 22.7. The van der Waals surface area contributed by atoms with Crippen LogP contribution >= 0.6 is 0 Å². The molecule has 0 heterocycles. The van der Waals surface area contributed by atoms with Gasteiger partial charge in [0, 0.05) is 0 Å². The molecular formula is C18H24N2O10. The predicted octanol–water partition coefficient (Wildman–Crippen LogP) is -2.49. The highest BCUT2D eigenvalue weighted by Crippen LogP contribution is 2.05. The van der Waals surface area contributed by atoms with E-state index >= 15 is 0 Å². The van der Waals surface area contributed by atoms with Gasteiger partial charge in [0.2, 0.25) is 5.91 Å². The van der Waals surface area contributed by atoms with Crippen LogP contribution < -0.4 is 10.6 Å². The van der Waals surface area contributed by atoms with E-state index in [9.17, 15) is 39.6 Å². The first-order chi connectivity index (χ1) is 14.2. The first-order valence-electron chi connectivity index (χ1n) is 8.79. The average Bonchev–Trinajstić information content (AvgIpc) is 2.74. The molecule has 0 aliphatic rings. The van der Waals surface area contributed by atoms with Crippen LogP contribution in [-0.4, -0.2) is 86.8 Å². The van der Waals surface area contributed by atoms with Gasteiger partial charge in [-0.15, -0.1) is 0 Å². The van der Waals surface area contributed by atoms with Crippen molar-refractivity contribution in [3.05, 3.63) is 35.9 Å². The Morgan fingerprint density at radius 1 is 1.03 bits per heavy atom. The second kappa shape index (κ2) is 12.5. The molecule has 0 aliphatic heterocycles. The predicted molar refractivity (Wildman–Crippen MR) is 98.9 cm³/mol. The number of rotatable bonds is 12. The van der Waals surface area contributed by atoms with E-state index in [1.165, 1.54) is 0 Å². The van der Waals surface area contributed by atoms with Gasteiger partial charge in [-0.3, -0.25) is 4.79 Å². The van der Waals surface area contributed by atoms with Crippen molar-refractivity contribution in [3.8, 4) is 0 Å². The van der Waals surface area contributed by atoms with E-state index in [0.717, 1.165) is 0 Å². The molecule has 166 valence electrons. The molecular weight excluding hydrogens is 404 g/mol. The maximum absolute atomic E-state index is 12.0. The number of hydrogen-bond donors (Lipinski definition) is 7. The zero-order valence-corrected chi connectivity index (χ0v) is 15.7. The Bertz CT molecular complexity index is 714. The third-order valence-electron chi connectivity index (χ3n) is 3.97. The molecule has 30 heavy (non-hydrogen) atoms. The summed E-state index contributed by atoms with van der Waals surface area (Å²) >= 11 is 0. The van der Waals surface area contributed by atoms with Crippen LogP contribution in [0.2, 0.25) is 0 Å². The molecule has 12 nitrogen and oxygen atoms in total. The van der Waals surface area contributed by atoms with Crippen LogP contribution in [-0.2, 0) is 25.7 Å². The Kier molecular flexibility index (Phi) is 10.4. The van der Waals surface area contributed by atoms with Crippen LogP contribution in [0, 0.1) is 0 Å². The molecule has 0 aromatic heterocycles. The number of carbonyl (C=O) groups is 4. The molecule has 0 radical (unpaired) electrons. The minimum atomic E-state index is -1.97. The van der Waals surface area contributed by atoms with Gasteiger partial charge >= 0.3 is 12.1 Å². The number of benzene rings is 1. The molecule has 0 aliphatic carbocycles. The number of aldehydes is 1. The van der Waals surface area contributed by atoms with Crippen molar-refractivity contribution in [2.24, 2.45) is 0 Å². The van der Waals surface area contributed by atoms with Crippen LogP contribution in [0.15, 0.2) is 30.3 Å². The minimum absolute atomic E-state index is 0.0627. The molecule has 0 saturated heterocycles. The SMILES string of the molecule is O=C[C@H](NC(=O)C[C@H](NC(=O)OCc1ccccc1)C(=O)O)[C@@H](O)[C@@H](O)[C@H](O)CO. The van der Waals surface area contributed by atoms with Crippen molar-refractivity contribution in [3.63, 3.8) is 0 Å². The Labute approximate surface area is 171 Å². The summed E-state index contributed by atoms with van der Waals surface area (Å²) in [5, 5.41) is 50.6. The summed E-state index contributed by atoms with van der Waals surface area (Å²) in [4.78, 5) is 46.2. The standard InChI is InChI=1S/C18H24N2O10/c21-7-12(15(25)16(26)13(23)8-22)19-14(24)6-11(17(27)28)20-18(29)30-9-10-4-2-1-3-5-10/h1-5,7,11-13,15-16,22-23,25-26H,6,8-9H2,(H,19,24)(H,20,29)(H,27,28)/t11-,12-,13+,15+,16-/m0/s1. The summed E-state index contributed by atoms with van der Waals surface area (Å²) in [6.07, 6.45) is -7.54. The second-order valence-electron chi connectivity index (χ2n) is 6.26. The van der Waals surface area contributed by atoms with Gasteiger partial charge < -0.3 is 45.7 Å². The highest BCUT2D eigenvalue weighted by atomic mass is 16.5. The van der Waals surface area contributed by atoms with Gasteiger partial charge in [-0.1, -0.05) is 30.3 Å². The number of aliphatic carboxylic acids is 1. The lowest BCUT2D eigenvalue weighted by atomic mass is 10.0. The van der Waals surface area contributed by atoms with Crippen molar-refractivity contribution in [1.29, 1.82) is 0 Å². The summed E-state index contributed by atoms with van der Waals surface area (Å²) < 4.78 is 4.88. The lowest BCUT2D eigenvalue weighted by Crippen LogP contribution is -2.54. The second-order valence-corrected chi connectivity index (χ2v) is 6.26. The van der Waals surface area contributed by atoms with E-state index in [1.54, 1.807) is 30.3 Å². The number of ether oxygens (including phenoxy) is 1. The lowest BCUT2D eigenvalue weighted by molar-refractivity contribution is -0.142. The number of carbonyl (C=O) groups excluding carboxylic acids is 3. The number of carboxylic acids is 1. The van der Waals surface area contributed by atoms with E-state index in [1.807, 2.05) is 10.6 Å². The first-order valence-corrected chi connectivity index (χ1v) is 8.79. The molecule has 0 bridgehead atoms. The van der Waals surface area contributed by atoms with Crippen molar-refractivity contribution in [2.75, 3.05) is 6.61 Å². The van der Waals surface area contributed by atoms with Crippen molar-refractivity contribution >= 4 is 24.3 Å². The third kappa shape index (κ3) is 8.13. The number of nitrogens with one attached hydrogen (secondary N) is 2. The van der Waals surface area contributed by atoms with Crippen LogP contribution in [0.3, 0.4) is 0 Å². The van der Waals surface area contributed by atoms with Gasteiger partial charge in [0.25, 0.3) is 0 Å². The summed E-state index contributed by atoms with van der Waals surface area (Å²) in [5.74, 6) is -2.60. The Morgan fingerprint density at radius 2 is 1.67 bits per heavy atom. The van der Waals surface area contributed by atoms with E-state index in [2.05, 4.69) is 0 Å². The van der Waals surface area contributed by atoms with E-state index in [0.29, 0.717) is 5.56 Å². The highest BCUT2D eigenvalue weighted by molar-refractivity contribution is 5.88. The summed E-state index contributed by atoms with van der Waals surface area (Å²) in [7, 11) is 0. The Balaban J connectivity index is 2.62. The number of aliphatic hydroxyl groups is 4. The van der Waals surface area contributed by atoms with Gasteiger partial charge in [-0.25, -0.2) is 9.59 Å². The van der Waals surface area contributed by atoms with Crippen LogP contribution in [0.5, 0.6) is 0 Å². The fourth-order valence-corrected chi connectivity index (χ4v) is 2.29. The maximum atomic E-state index is 12.0. The molecule has 5 atom stereocenters. The average molecular weight is 428 g/mol. The smallest absolute Gasteiger partial charge is 0.408 e. The van der Waals surface area contributed by atoms with Gasteiger partial charge in [0.05, 0.1) is 13.0 Å². The monoisotopic (exact) mass is 428 g/mol. The molecule has 0 saturated carbocycles. The van der Waals surface area contributed by atoms with Crippen LogP contribution in [0.25, 0.3) is 0 Å². The number of aliphatic hydroxyl groups excluding tert-OH is 4. The largest absolute Gasteiger partial charge is 0.480 e.